The van der Waals surface area contributed by atoms with Gasteiger partial charge in [-0.05, 0) is 18.2 Å². The Kier molecular flexibility index (Phi) is 6.28. The number of hydrogen-bond donors (Lipinski definition) is 0. The van der Waals surface area contributed by atoms with Gasteiger partial charge in [-0.1, -0.05) is 59.1 Å². The van der Waals surface area contributed by atoms with Gasteiger partial charge >= 0.3 is 5.97 Å². The number of carbonyl (C=O) groups is 2. The maximum atomic E-state index is 12.2. The van der Waals surface area contributed by atoms with Gasteiger partial charge in [0.1, 0.15) is 6.61 Å². The number of benzene rings is 2. The van der Waals surface area contributed by atoms with E-state index in [0.29, 0.717) is 26.2 Å². The molecule has 0 heterocycles. The zero-order valence-electron chi connectivity index (χ0n) is 11.7. The van der Waals surface area contributed by atoms with Crippen LogP contribution in [0.2, 0.25) is 15.1 Å². The van der Waals surface area contributed by atoms with Crippen molar-refractivity contribution in [3.05, 3.63) is 68.7 Å². The molecule has 1 atom stereocenters. The molecule has 0 spiro atoms. The van der Waals surface area contributed by atoms with E-state index < -0.39 is 12.1 Å². The molecule has 0 radical (unpaired) electrons. The summed E-state index contributed by atoms with van der Waals surface area (Å²) >= 11 is 17.8. The highest BCUT2D eigenvalue weighted by molar-refractivity contribution is 6.35. The molecule has 2 aromatic rings. The third-order valence-corrected chi connectivity index (χ3v) is 3.91. The van der Waals surface area contributed by atoms with Crippen LogP contribution in [0.5, 0.6) is 0 Å². The molecule has 0 fully saturated rings. The van der Waals surface area contributed by atoms with Gasteiger partial charge in [-0.15, -0.1) is 0 Å². The lowest BCUT2D eigenvalue weighted by Crippen LogP contribution is -2.19. The van der Waals surface area contributed by atoms with E-state index in [0.717, 1.165) is 0 Å². The molecule has 0 saturated carbocycles. The van der Waals surface area contributed by atoms with Gasteiger partial charge in [0.05, 0.1) is 0 Å². The Labute approximate surface area is 147 Å². The third-order valence-electron chi connectivity index (χ3n) is 2.98. The van der Waals surface area contributed by atoms with Crippen molar-refractivity contribution in [3.8, 4) is 0 Å². The summed E-state index contributed by atoms with van der Waals surface area (Å²) in [6, 6.07) is 11.3. The highest BCUT2D eigenvalue weighted by atomic mass is 35.5. The Morgan fingerprint density at radius 3 is 2.48 bits per heavy atom. The summed E-state index contributed by atoms with van der Waals surface area (Å²) < 4.78 is 9.98. The molecule has 0 aliphatic carbocycles. The lowest BCUT2D eigenvalue weighted by molar-refractivity contribution is -0.163. The summed E-state index contributed by atoms with van der Waals surface area (Å²) in [5.41, 5.74) is 0.918. The normalized spacial score (nSPS) is 11.6. The highest BCUT2D eigenvalue weighted by Gasteiger charge is 2.26. The van der Waals surface area contributed by atoms with Gasteiger partial charge in [0.2, 0.25) is 6.10 Å². The average Bonchev–Trinajstić information content (AvgIpc) is 2.52. The second-order valence-corrected chi connectivity index (χ2v) is 5.73. The van der Waals surface area contributed by atoms with Gasteiger partial charge in [-0.25, -0.2) is 4.79 Å². The summed E-state index contributed by atoms with van der Waals surface area (Å²) in [5.74, 6) is -0.754. The zero-order valence-corrected chi connectivity index (χ0v) is 13.9. The SMILES string of the molecule is O=COC(C(=O)OCc1ccc(Cl)cc1Cl)c1ccccc1Cl. The Bertz CT molecular complexity index is 718. The van der Waals surface area contributed by atoms with Crippen LogP contribution in [0.4, 0.5) is 0 Å². The molecule has 4 nitrogen and oxygen atoms in total. The summed E-state index contributed by atoms with van der Waals surface area (Å²) in [6.45, 7) is 0.0858. The molecule has 23 heavy (non-hydrogen) atoms. The number of esters is 1. The van der Waals surface area contributed by atoms with Crippen molar-refractivity contribution in [2.45, 2.75) is 12.7 Å². The predicted octanol–water partition coefficient (Wildman–Crippen LogP) is 4.60. The van der Waals surface area contributed by atoms with Crippen LogP contribution < -0.4 is 0 Å². The molecule has 2 aromatic carbocycles. The van der Waals surface area contributed by atoms with E-state index in [1.807, 2.05) is 0 Å². The maximum Gasteiger partial charge on any atom is 0.352 e. The summed E-state index contributed by atoms with van der Waals surface area (Å²) in [6.07, 6.45) is -1.24. The van der Waals surface area contributed by atoms with Gasteiger partial charge in [-0.2, -0.15) is 0 Å². The standard InChI is InChI=1S/C16H11Cl3O4/c17-11-6-5-10(14(19)7-11)8-22-16(21)15(23-9-20)12-3-1-2-4-13(12)18/h1-7,9,15H,8H2. The molecule has 0 aliphatic rings. The molecule has 0 saturated heterocycles. The van der Waals surface area contributed by atoms with Crippen LogP contribution in [0, 0.1) is 0 Å². The van der Waals surface area contributed by atoms with Crippen molar-refractivity contribution in [2.24, 2.45) is 0 Å². The van der Waals surface area contributed by atoms with Crippen molar-refractivity contribution in [2.75, 3.05) is 0 Å². The minimum Gasteiger partial charge on any atom is -0.458 e. The minimum absolute atomic E-state index is 0.0853. The van der Waals surface area contributed by atoms with Gasteiger partial charge in [0.25, 0.3) is 6.47 Å². The van der Waals surface area contributed by atoms with Crippen LogP contribution in [0.15, 0.2) is 42.5 Å². The van der Waals surface area contributed by atoms with E-state index >= 15 is 0 Å². The molecule has 2 rings (SSSR count). The molecule has 0 aromatic heterocycles. The first-order valence-corrected chi connectivity index (χ1v) is 7.60. The van der Waals surface area contributed by atoms with Crippen molar-refractivity contribution >= 4 is 47.2 Å². The van der Waals surface area contributed by atoms with E-state index in [9.17, 15) is 9.59 Å². The summed E-state index contributed by atoms with van der Waals surface area (Å²) in [5, 5.41) is 1.14. The fourth-order valence-corrected chi connectivity index (χ4v) is 2.56. The van der Waals surface area contributed by atoms with Gasteiger partial charge < -0.3 is 9.47 Å². The molecule has 0 bridgehead atoms. The van der Waals surface area contributed by atoms with E-state index in [1.165, 1.54) is 0 Å². The van der Waals surface area contributed by atoms with Crippen molar-refractivity contribution < 1.29 is 19.1 Å². The fraction of sp³-hybridized carbons (Fsp3) is 0.125. The zero-order chi connectivity index (χ0) is 16.8. The summed E-state index contributed by atoms with van der Waals surface area (Å²) in [4.78, 5) is 22.9. The second kappa shape index (κ2) is 8.20. The summed E-state index contributed by atoms with van der Waals surface area (Å²) in [7, 11) is 0. The van der Waals surface area contributed by atoms with Crippen molar-refractivity contribution in [1.29, 1.82) is 0 Å². The van der Waals surface area contributed by atoms with Gasteiger partial charge in [-0.3, -0.25) is 4.79 Å². The van der Waals surface area contributed by atoms with E-state index in [1.54, 1.807) is 42.5 Å². The maximum absolute atomic E-state index is 12.2. The number of rotatable bonds is 6. The molecule has 0 aliphatic heterocycles. The third kappa shape index (κ3) is 4.61. The highest BCUT2D eigenvalue weighted by Crippen LogP contribution is 2.27. The number of halogens is 3. The Morgan fingerprint density at radius 1 is 1.09 bits per heavy atom. The average molecular weight is 374 g/mol. The number of hydrogen-bond acceptors (Lipinski definition) is 4. The predicted molar refractivity (Wildman–Crippen MR) is 87.6 cm³/mol. The largest absolute Gasteiger partial charge is 0.458 e. The molecule has 0 amide bonds. The molecular formula is C16H11Cl3O4. The molecule has 0 N–H and O–H groups in total. The van der Waals surface area contributed by atoms with E-state index in [-0.39, 0.29) is 13.1 Å². The minimum atomic E-state index is -1.24. The second-order valence-electron chi connectivity index (χ2n) is 4.48. The Hall–Kier alpha value is -1.75. The molecule has 120 valence electrons. The Morgan fingerprint density at radius 2 is 1.83 bits per heavy atom. The lowest BCUT2D eigenvalue weighted by Gasteiger charge is -2.16. The van der Waals surface area contributed by atoms with E-state index in [4.69, 9.17) is 44.3 Å². The van der Waals surface area contributed by atoms with E-state index in [2.05, 4.69) is 0 Å². The first kappa shape index (κ1) is 17.6. The quantitative estimate of drug-likeness (QED) is 0.548. The van der Waals surface area contributed by atoms with Crippen LogP contribution in [0.1, 0.15) is 17.2 Å². The van der Waals surface area contributed by atoms with Crippen LogP contribution in [0.3, 0.4) is 0 Å². The number of ether oxygens (including phenoxy) is 2. The van der Waals surface area contributed by atoms with Crippen LogP contribution in [-0.2, 0) is 25.7 Å². The van der Waals surface area contributed by atoms with Crippen molar-refractivity contribution in [1.82, 2.24) is 0 Å². The fourth-order valence-electron chi connectivity index (χ4n) is 1.86. The smallest absolute Gasteiger partial charge is 0.352 e. The van der Waals surface area contributed by atoms with Crippen LogP contribution >= 0.6 is 34.8 Å². The molecular weight excluding hydrogens is 363 g/mol. The monoisotopic (exact) mass is 372 g/mol. The topological polar surface area (TPSA) is 52.6 Å². The van der Waals surface area contributed by atoms with Crippen LogP contribution in [0.25, 0.3) is 0 Å². The number of carbonyl (C=O) groups excluding carboxylic acids is 2. The van der Waals surface area contributed by atoms with Gasteiger partial charge in [0, 0.05) is 26.2 Å². The van der Waals surface area contributed by atoms with Gasteiger partial charge in [0.15, 0.2) is 0 Å². The molecule has 1 unspecified atom stereocenters. The molecule has 7 heteroatoms. The first-order chi connectivity index (χ1) is 11.0. The first-order valence-electron chi connectivity index (χ1n) is 6.47. The lowest BCUT2D eigenvalue weighted by atomic mass is 10.1. The van der Waals surface area contributed by atoms with Crippen LogP contribution in [-0.4, -0.2) is 12.4 Å². The van der Waals surface area contributed by atoms with Crippen molar-refractivity contribution in [3.63, 3.8) is 0 Å². The Balaban J connectivity index is 2.13.